The van der Waals surface area contributed by atoms with E-state index in [-0.39, 0.29) is 17.4 Å². The summed E-state index contributed by atoms with van der Waals surface area (Å²) in [5, 5.41) is 0. The second kappa shape index (κ2) is 7.26. The highest BCUT2D eigenvalue weighted by Gasteiger charge is 2.50. The number of rotatable bonds is 2. The number of carbonyl (C=O) groups excluding carboxylic acids is 2. The summed E-state index contributed by atoms with van der Waals surface area (Å²) >= 11 is 0. The third-order valence-electron chi connectivity index (χ3n) is 6.84. The van der Waals surface area contributed by atoms with Gasteiger partial charge in [-0.1, -0.05) is 0 Å². The fourth-order valence-corrected chi connectivity index (χ4v) is 5.30. The van der Waals surface area contributed by atoms with Crippen LogP contribution in [0.2, 0.25) is 0 Å². The average Bonchev–Trinajstić information content (AvgIpc) is 3.33. The van der Waals surface area contributed by atoms with Crippen LogP contribution in [0.5, 0.6) is 0 Å². The van der Waals surface area contributed by atoms with Crippen molar-refractivity contribution in [3.8, 4) is 0 Å². The molecule has 1 spiro atoms. The highest BCUT2D eigenvalue weighted by Crippen LogP contribution is 2.45. The van der Waals surface area contributed by atoms with Crippen molar-refractivity contribution in [2.75, 3.05) is 39.8 Å². The Hall–Kier alpha value is -1.89. The fraction of sp³-hybridized carbons (Fsp3) is 0.750. The molecule has 7 heteroatoms. The molecular formula is C20H30N4O3. The first-order valence-electron chi connectivity index (χ1n) is 10.2. The Morgan fingerprint density at radius 3 is 2.37 bits per heavy atom. The van der Waals surface area contributed by atoms with Crippen molar-refractivity contribution in [1.82, 2.24) is 19.7 Å². The third-order valence-corrected chi connectivity index (χ3v) is 6.84. The van der Waals surface area contributed by atoms with E-state index in [0.29, 0.717) is 30.5 Å². The molecule has 1 aromatic heterocycles. The molecule has 1 unspecified atom stereocenters. The molecule has 3 aliphatic rings. The van der Waals surface area contributed by atoms with Gasteiger partial charge in [0.05, 0.1) is 11.7 Å². The van der Waals surface area contributed by atoms with E-state index in [1.54, 1.807) is 6.92 Å². The molecule has 4 rings (SSSR count). The molecule has 0 radical (unpaired) electrons. The molecule has 3 saturated heterocycles. The van der Waals surface area contributed by atoms with Crippen LogP contribution < -0.4 is 0 Å². The second-order valence-electron chi connectivity index (χ2n) is 8.44. The van der Waals surface area contributed by atoms with Crippen LogP contribution in [-0.2, 0) is 4.79 Å². The van der Waals surface area contributed by atoms with E-state index >= 15 is 0 Å². The van der Waals surface area contributed by atoms with Crippen LogP contribution in [-0.4, -0.2) is 77.3 Å². The predicted octanol–water partition coefficient (Wildman–Crippen LogP) is 1.92. The van der Waals surface area contributed by atoms with E-state index in [2.05, 4.69) is 21.8 Å². The number of hydrogen-bond acceptors (Lipinski definition) is 5. The summed E-state index contributed by atoms with van der Waals surface area (Å²) in [6.07, 6.45) is 7.51. The molecule has 3 fully saturated rings. The van der Waals surface area contributed by atoms with E-state index in [4.69, 9.17) is 4.42 Å². The molecule has 0 bridgehead atoms. The summed E-state index contributed by atoms with van der Waals surface area (Å²) < 4.78 is 5.29. The molecular weight excluding hydrogens is 344 g/mol. The third kappa shape index (κ3) is 3.26. The van der Waals surface area contributed by atoms with Crippen LogP contribution in [0.4, 0.5) is 0 Å². The van der Waals surface area contributed by atoms with Crippen LogP contribution in [0.25, 0.3) is 0 Å². The van der Waals surface area contributed by atoms with Crippen molar-refractivity contribution in [2.45, 2.75) is 51.5 Å². The number of nitrogens with zero attached hydrogens (tertiary/aromatic N) is 4. The number of oxazole rings is 1. The Kier molecular flexibility index (Phi) is 4.97. The lowest BCUT2D eigenvalue weighted by atomic mass is 9.66. The molecule has 0 aliphatic carbocycles. The van der Waals surface area contributed by atoms with Crippen molar-refractivity contribution in [3.05, 3.63) is 17.8 Å². The Bertz CT molecular complexity index is 702. The maximum absolute atomic E-state index is 13.3. The largest absolute Gasteiger partial charge is 0.438 e. The topological polar surface area (TPSA) is 69.9 Å². The number of aryl methyl sites for hydroxylation is 1. The normalized spacial score (nSPS) is 25.9. The van der Waals surface area contributed by atoms with E-state index < -0.39 is 0 Å². The summed E-state index contributed by atoms with van der Waals surface area (Å²) in [7, 11) is 2.09. The molecule has 3 aliphatic heterocycles. The van der Waals surface area contributed by atoms with Gasteiger partial charge in [0.2, 0.25) is 11.7 Å². The molecule has 148 valence electrons. The monoisotopic (exact) mass is 374 g/mol. The minimum Gasteiger partial charge on any atom is -0.438 e. The number of hydrogen-bond donors (Lipinski definition) is 0. The lowest BCUT2D eigenvalue weighted by Gasteiger charge is -2.52. The van der Waals surface area contributed by atoms with Crippen LogP contribution >= 0.6 is 0 Å². The van der Waals surface area contributed by atoms with Gasteiger partial charge in [0.25, 0.3) is 5.91 Å². The van der Waals surface area contributed by atoms with Gasteiger partial charge >= 0.3 is 0 Å². The van der Waals surface area contributed by atoms with Crippen molar-refractivity contribution in [2.24, 2.45) is 5.41 Å². The van der Waals surface area contributed by atoms with Gasteiger partial charge in [0, 0.05) is 26.2 Å². The van der Waals surface area contributed by atoms with E-state index in [9.17, 15) is 9.59 Å². The van der Waals surface area contributed by atoms with Crippen molar-refractivity contribution in [1.29, 1.82) is 0 Å². The molecule has 0 N–H and O–H groups in total. The zero-order chi connectivity index (χ0) is 19.0. The number of amides is 2. The molecule has 7 nitrogen and oxygen atoms in total. The SMILES string of the molecule is Cc1ncoc1C(=O)N1CCC2(CCCN(C)C2C(=O)N2CCCC2)CC1. The van der Waals surface area contributed by atoms with E-state index in [1.807, 2.05) is 4.90 Å². The van der Waals surface area contributed by atoms with Crippen LogP contribution in [0.3, 0.4) is 0 Å². The molecule has 27 heavy (non-hydrogen) atoms. The quantitative estimate of drug-likeness (QED) is 0.791. The van der Waals surface area contributed by atoms with Gasteiger partial charge in [0.15, 0.2) is 6.39 Å². The number of aromatic nitrogens is 1. The first kappa shape index (κ1) is 18.5. The molecule has 1 aromatic rings. The minimum atomic E-state index is -0.0774. The first-order chi connectivity index (χ1) is 13.0. The summed E-state index contributed by atoms with van der Waals surface area (Å²) in [4.78, 5) is 36.3. The van der Waals surface area contributed by atoms with Gasteiger partial charge in [-0.2, -0.15) is 0 Å². The molecule has 2 amide bonds. The number of carbonyl (C=O) groups is 2. The summed E-state index contributed by atoms with van der Waals surface area (Å²) in [5.41, 5.74) is 0.625. The van der Waals surface area contributed by atoms with Crippen LogP contribution in [0, 0.1) is 12.3 Å². The van der Waals surface area contributed by atoms with Crippen LogP contribution in [0.15, 0.2) is 10.8 Å². The molecule has 1 atom stereocenters. The highest BCUT2D eigenvalue weighted by atomic mass is 16.3. The second-order valence-corrected chi connectivity index (χ2v) is 8.44. The first-order valence-corrected chi connectivity index (χ1v) is 10.2. The molecule has 0 aromatic carbocycles. The Morgan fingerprint density at radius 2 is 1.74 bits per heavy atom. The van der Waals surface area contributed by atoms with Gasteiger partial charge < -0.3 is 14.2 Å². The number of likely N-dealkylation sites (tertiary alicyclic amines) is 3. The van der Waals surface area contributed by atoms with Crippen molar-refractivity contribution < 1.29 is 14.0 Å². The maximum atomic E-state index is 13.3. The fourth-order valence-electron chi connectivity index (χ4n) is 5.30. The highest BCUT2D eigenvalue weighted by molar-refractivity contribution is 5.92. The van der Waals surface area contributed by atoms with Gasteiger partial charge in [-0.15, -0.1) is 0 Å². The number of piperidine rings is 2. The molecule has 4 heterocycles. The summed E-state index contributed by atoms with van der Waals surface area (Å²) in [5.74, 6) is 0.573. The average molecular weight is 374 g/mol. The van der Waals surface area contributed by atoms with Crippen molar-refractivity contribution >= 4 is 11.8 Å². The number of likely N-dealkylation sites (N-methyl/N-ethyl adjacent to an activating group) is 1. The minimum absolute atomic E-state index is 0.0140. The predicted molar refractivity (Wildman–Crippen MR) is 100 cm³/mol. The zero-order valence-corrected chi connectivity index (χ0v) is 16.4. The van der Waals surface area contributed by atoms with E-state index in [0.717, 1.165) is 58.2 Å². The smallest absolute Gasteiger partial charge is 0.291 e. The van der Waals surface area contributed by atoms with Gasteiger partial charge in [-0.25, -0.2) is 4.98 Å². The van der Waals surface area contributed by atoms with E-state index in [1.165, 1.54) is 6.39 Å². The Morgan fingerprint density at radius 1 is 1.04 bits per heavy atom. The maximum Gasteiger partial charge on any atom is 0.291 e. The van der Waals surface area contributed by atoms with Gasteiger partial charge in [-0.05, 0) is 64.5 Å². The lowest BCUT2D eigenvalue weighted by Crippen LogP contribution is -2.61. The summed E-state index contributed by atoms with van der Waals surface area (Å²) in [6.45, 7) is 5.92. The Labute approximate surface area is 160 Å². The van der Waals surface area contributed by atoms with Crippen molar-refractivity contribution in [3.63, 3.8) is 0 Å². The lowest BCUT2D eigenvalue weighted by molar-refractivity contribution is -0.145. The standard InChI is InChI=1S/C20H30N4O3/c1-15-16(27-14-21-15)18(25)24-12-7-20(8-13-24)6-5-9-22(2)17(20)19(26)23-10-3-4-11-23/h14,17H,3-13H2,1-2H3. The molecule has 0 saturated carbocycles. The summed E-state index contributed by atoms with van der Waals surface area (Å²) in [6, 6.07) is -0.0476. The zero-order valence-electron chi connectivity index (χ0n) is 16.4. The Balaban J connectivity index is 1.49. The van der Waals surface area contributed by atoms with Gasteiger partial charge in [0.1, 0.15) is 0 Å². The van der Waals surface area contributed by atoms with Crippen LogP contribution in [0.1, 0.15) is 54.8 Å². The van der Waals surface area contributed by atoms with Gasteiger partial charge in [-0.3, -0.25) is 14.5 Å².